The molecule has 0 aliphatic rings. The van der Waals surface area contributed by atoms with E-state index < -0.39 is 5.60 Å². The minimum atomic E-state index is -0.499. The molecule has 0 saturated heterocycles. The Morgan fingerprint density at radius 3 is 2.30 bits per heavy atom. The van der Waals surface area contributed by atoms with E-state index in [9.17, 15) is 4.79 Å². The fraction of sp³-hybridized carbons (Fsp3) is 0.588. The Labute approximate surface area is 156 Å². The molecule has 4 nitrogen and oxygen atoms in total. The number of rotatable bonds is 4. The van der Waals surface area contributed by atoms with Crippen molar-refractivity contribution >= 4 is 43.6 Å². The van der Waals surface area contributed by atoms with Crippen LogP contribution in [0.3, 0.4) is 0 Å². The molecule has 0 spiro atoms. The SMILES string of the molecule is CC(C)(C)OC(=O)N(CCNc1cc(Br)ccc1Br)C(C)(C)C. The number of amides is 1. The zero-order chi connectivity index (χ0) is 17.8. The highest BCUT2D eigenvalue weighted by atomic mass is 79.9. The van der Waals surface area contributed by atoms with Gasteiger partial charge in [-0.2, -0.15) is 0 Å². The highest BCUT2D eigenvalue weighted by Gasteiger charge is 2.30. The van der Waals surface area contributed by atoms with Crippen molar-refractivity contribution in [3.8, 4) is 0 Å². The maximum absolute atomic E-state index is 12.4. The summed E-state index contributed by atoms with van der Waals surface area (Å²) in [4.78, 5) is 14.2. The van der Waals surface area contributed by atoms with E-state index in [2.05, 4.69) is 37.2 Å². The van der Waals surface area contributed by atoms with Gasteiger partial charge in [-0.1, -0.05) is 15.9 Å². The van der Waals surface area contributed by atoms with Crippen LogP contribution in [0.25, 0.3) is 0 Å². The van der Waals surface area contributed by atoms with Crippen molar-refractivity contribution in [3.05, 3.63) is 27.1 Å². The van der Waals surface area contributed by atoms with Gasteiger partial charge in [-0.25, -0.2) is 4.79 Å². The van der Waals surface area contributed by atoms with E-state index in [1.165, 1.54) is 0 Å². The van der Waals surface area contributed by atoms with Crippen LogP contribution in [0.2, 0.25) is 0 Å². The average molecular weight is 450 g/mol. The highest BCUT2D eigenvalue weighted by Crippen LogP contribution is 2.26. The van der Waals surface area contributed by atoms with Crippen LogP contribution in [-0.2, 0) is 4.74 Å². The predicted octanol–water partition coefficient (Wildman–Crippen LogP) is 5.66. The molecule has 0 aliphatic carbocycles. The third kappa shape index (κ3) is 7.12. The van der Waals surface area contributed by atoms with Crippen molar-refractivity contribution < 1.29 is 9.53 Å². The number of carbonyl (C=O) groups excluding carboxylic acids is 1. The van der Waals surface area contributed by atoms with Gasteiger partial charge in [-0.15, -0.1) is 0 Å². The van der Waals surface area contributed by atoms with Gasteiger partial charge in [0.05, 0.1) is 0 Å². The van der Waals surface area contributed by atoms with Crippen LogP contribution < -0.4 is 5.32 Å². The van der Waals surface area contributed by atoms with Crippen LogP contribution in [0.5, 0.6) is 0 Å². The number of hydrogen-bond donors (Lipinski definition) is 1. The summed E-state index contributed by atoms with van der Waals surface area (Å²) < 4.78 is 7.50. The number of nitrogens with zero attached hydrogens (tertiary/aromatic N) is 1. The van der Waals surface area contributed by atoms with Crippen molar-refractivity contribution in [2.45, 2.75) is 52.7 Å². The van der Waals surface area contributed by atoms with E-state index in [0.717, 1.165) is 14.6 Å². The lowest BCUT2D eigenvalue weighted by Gasteiger charge is -2.37. The Bertz CT molecular complexity index is 549. The molecule has 1 N–H and O–H groups in total. The summed E-state index contributed by atoms with van der Waals surface area (Å²) in [6.45, 7) is 12.8. The molecule has 0 aliphatic heterocycles. The molecule has 1 rings (SSSR count). The lowest BCUT2D eigenvalue weighted by atomic mass is 10.1. The van der Waals surface area contributed by atoms with Crippen LogP contribution in [0, 0.1) is 0 Å². The van der Waals surface area contributed by atoms with E-state index in [1.807, 2.05) is 59.7 Å². The van der Waals surface area contributed by atoms with E-state index in [-0.39, 0.29) is 11.6 Å². The molecule has 1 amide bonds. The monoisotopic (exact) mass is 448 g/mol. The minimum absolute atomic E-state index is 0.292. The van der Waals surface area contributed by atoms with Crippen molar-refractivity contribution in [1.82, 2.24) is 4.90 Å². The van der Waals surface area contributed by atoms with Crippen molar-refractivity contribution in [2.24, 2.45) is 0 Å². The lowest BCUT2D eigenvalue weighted by Crippen LogP contribution is -2.49. The van der Waals surface area contributed by atoms with Crippen molar-refractivity contribution in [1.29, 1.82) is 0 Å². The van der Waals surface area contributed by atoms with E-state index in [0.29, 0.717) is 13.1 Å². The number of halogens is 2. The van der Waals surface area contributed by atoms with Crippen molar-refractivity contribution in [3.63, 3.8) is 0 Å². The van der Waals surface area contributed by atoms with E-state index in [1.54, 1.807) is 4.90 Å². The molecule has 0 aromatic heterocycles. The molecule has 6 heteroatoms. The van der Waals surface area contributed by atoms with Gasteiger partial charge >= 0.3 is 6.09 Å². The van der Waals surface area contributed by atoms with Gasteiger partial charge in [0, 0.05) is 33.3 Å². The summed E-state index contributed by atoms with van der Waals surface area (Å²) in [6, 6.07) is 5.94. The van der Waals surface area contributed by atoms with Crippen LogP contribution in [0.1, 0.15) is 41.5 Å². The molecular formula is C17H26Br2N2O2. The van der Waals surface area contributed by atoms with Crippen LogP contribution in [0.4, 0.5) is 10.5 Å². The summed E-state index contributed by atoms with van der Waals surface area (Å²) >= 11 is 6.98. The maximum Gasteiger partial charge on any atom is 0.410 e. The number of ether oxygens (including phenoxy) is 1. The first-order valence-electron chi connectivity index (χ1n) is 7.60. The number of carbonyl (C=O) groups is 1. The Morgan fingerprint density at radius 1 is 1.17 bits per heavy atom. The van der Waals surface area contributed by atoms with Gasteiger partial charge in [0.15, 0.2) is 0 Å². The topological polar surface area (TPSA) is 41.6 Å². The Morgan fingerprint density at radius 2 is 1.78 bits per heavy atom. The molecule has 130 valence electrons. The zero-order valence-electron chi connectivity index (χ0n) is 14.7. The third-order valence-electron chi connectivity index (χ3n) is 3.00. The standard InChI is InChI=1S/C17H26Br2N2O2/c1-16(2,3)21(15(22)23-17(4,5)6)10-9-20-14-11-12(18)7-8-13(14)19/h7-8,11,20H,9-10H2,1-6H3. The molecule has 23 heavy (non-hydrogen) atoms. The largest absolute Gasteiger partial charge is 0.444 e. The second-order valence-electron chi connectivity index (χ2n) is 7.35. The third-order valence-corrected chi connectivity index (χ3v) is 4.19. The number of anilines is 1. The zero-order valence-corrected chi connectivity index (χ0v) is 17.8. The highest BCUT2D eigenvalue weighted by molar-refractivity contribution is 9.11. The maximum atomic E-state index is 12.4. The second-order valence-corrected chi connectivity index (χ2v) is 9.12. The van der Waals surface area contributed by atoms with Gasteiger partial charge in [-0.3, -0.25) is 0 Å². The first-order chi connectivity index (χ1) is 10.4. The lowest BCUT2D eigenvalue weighted by molar-refractivity contribution is 0.00749. The predicted molar refractivity (Wildman–Crippen MR) is 103 cm³/mol. The number of nitrogens with one attached hydrogen (secondary N) is 1. The molecule has 0 fully saturated rings. The molecule has 0 radical (unpaired) electrons. The number of hydrogen-bond acceptors (Lipinski definition) is 3. The van der Waals surface area contributed by atoms with Crippen molar-refractivity contribution in [2.75, 3.05) is 18.4 Å². The van der Waals surface area contributed by atoms with E-state index >= 15 is 0 Å². The summed E-state index contributed by atoms with van der Waals surface area (Å²) in [5, 5.41) is 3.35. The molecule has 0 unspecified atom stereocenters. The normalized spacial score (nSPS) is 12.0. The molecule has 1 aromatic rings. The quantitative estimate of drug-likeness (QED) is 0.644. The Balaban J connectivity index is 2.72. The van der Waals surface area contributed by atoms with E-state index in [4.69, 9.17) is 4.74 Å². The van der Waals surface area contributed by atoms with Gasteiger partial charge < -0.3 is 15.0 Å². The molecule has 0 saturated carbocycles. The molecule has 0 atom stereocenters. The smallest absolute Gasteiger partial charge is 0.410 e. The van der Waals surface area contributed by atoms with Crippen LogP contribution in [0.15, 0.2) is 27.1 Å². The first-order valence-corrected chi connectivity index (χ1v) is 9.18. The summed E-state index contributed by atoms with van der Waals surface area (Å²) in [5.74, 6) is 0. The minimum Gasteiger partial charge on any atom is -0.444 e. The summed E-state index contributed by atoms with van der Waals surface area (Å²) in [5.41, 5.74) is 0.178. The summed E-state index contributed by atoms with van der Waals surface area (Å²) in [6.07, 6.45) is -0.292. The number of benzene rings is 1. The van der Waals surface area contributed by atoms with Gasteiger partial charge in [-0.05, 0) is 75.7 Å². The van der Waals surface area contributed by atoms with Gasteiger partial charge in [0.1, 0.15) is 5.60 Å². The van der Waals surface area contributed by atoms with Crippen LogP contribution >= 0.6 is 31.9 Å². The second kappa shape index (κ2) is 7.88. The first kappa shape index (κ1) is 20.3. The van der Waals surface area contributed by atoms with Gasteiger partial charge in [0.25, 0.3) is 0 Å². The van der Waals surface area contributed by atoms with Crippen LogP contribution in [-0.4, -0.2) is 35.2 Å². The Kier molecular flexibility index (Phi) is 6.95. The summed E-state index contributed by atoms with van der Waals surface area (Å²) in [7, 11) is 0. The fourth-order valence-electron chi connectivity index (χ4n) is 1.95. The molecule has 1 aromatic carbocycles. The Hall–Kier alpha value is -0.750. The fourth-order valence-corrected chi connectivity index (χ4v) is 2.70. The average Bonchev–Trinajstić information content (AvgIpc) is 2.34. The van der Waals surface area contributed by atoms with Gasteiger partial charge in [0.2, 0.25) is 0 Å². The molecule has 0 heterocycles. The molecular weight excluding hydrogens is 424 g/mol. The molecule has 0 bridgehead atoms.